The summed E-state index contributed by atoms with van der Waals surface area (Å²) in [5.74, 6) is 1.26. The molecule has 3 heteroatoms. The van der Waals surface area contributed by atoms with Crippen LogP contribution in [-0.2, 0) is 0 Å². The number of hydrogen-bond acceptors (Lipinski definition) is 3. The maximum Gasteiger partial charge on any atom is 0.0526 e. The Labute approximate surface area is 90.5 Å². The van der Waals surface area contributed by atoms with Gasteiger partial charge in [-0.25, -0.2) is 0 Å². The van der Waals surface area contributed by atoms with Crippen molar-refractivity contribution in [2.45, 2.75) is 19.8 Å². The average Bonchev–Trinajstić information content (AvgIpc) is 2.21. The molecule has 1 rings (SSSR count). The molecule has 0 atom stereocenters. The van der Waals surface area contributed by atoms with Crippen molar-refractivity contribution in [2.75, 3.05) is 23.9 Å². The number of nitrogens with one attached hydrogen (secondary N) is 1. The summed E-state index contributed by atoms with van der Waals surface area (Å²) in [6.45, 7) is 3.05. The Morgan fingerprint density at radius 2 is 2.21 bits per heavy atom. The maximum atomic E-state index is 4.23. The molecule has 1 N–H and O–H groups in total. The second kappa shape index (κ2) is 6.71. The van der Waals surface area contributed by atoms with Crippen molar-refractivity contribution in [3.05, 3.63) is 24.0 Å². The quantitative estimate of drug-likeness (QED) is 0.731. The number of aromatic nitrogens is 1. The van der Waals surface area contributed by atoms with Gasteiger partial charge in [-0.05, 0) is 43.9 Å². The Morgan fingerprint density at radius 3 is 2.86 bits per heavy atom. The third kappa shape index (κ3) is 4.51. The molecular weight excluding hydrogens is 192 g/mol. The fourth-order valence-electron chi connectivity index (χ4n) is 1.18. The van der Waals surface area contributed by atoms with Gasteiger partial charge in [0.05, 0.1) is 11.9 Å². The van der Waals surface area contributed by atoms with Crippen molar-refractivity contribution in [3.8, 4) is 0 Å². The lowest BCUT2D eigenvalue weighted by Gasteiger charge is -2.05. The lowest BCUT2D eigenvalue weighted by atomic mass is 10.3. The van der Waals surface area contributed by atoms with Gasteiger partial charge in [0.2, 0.25) is 0 Å². The average molecular weight is 210 g/mol. The molecule has 0 saturated heterocycles. The summed E-state index contributed by atoms with van der Waals surface area (Å²) in [5, 5.41) is 3.36. The zero-order chi connectivity index (χ0) is 10.2. The van der Waals surface area contributed by atoms with Crippen molar-refractivity contribution in [1.82, 2.24) is 4.98 Å². The molecule has 0 amide bonds. The minimum absolute atomic E-state index is 1.05. The Bertz CT molecular complexity index is 246. The van der Waals surface area contributed by atoms with E-state index in [-0.39, 0.29) is 0 Å². The van der Waals surface area contributed by atoms with Crippen LogP contribution in [0.4, 0.5) is 5.69 Å². The van der Waals surface area contributed by atoms with E-state index in [0.717, 1.165) is 17.9 Å². The standard InChI is InChI=1S/C11H18N2S/c1-10-5-6-11(9-13-10)12-7-3-4-8-14-2/h5-6,9,12H,3-4,7-8H2,1-2H3. The van der Waals surface area contributed by atoms with Gasteiger partial charge in [-0.2, -0.15) is 11.8 Å². The monoisotopic (exact) mass is 210 g/mol. The van der Waals surface area contributed by atoms with Crippen LogP contribution < -0.4 is 5.32 Å². The number of rotatable bonds is 6. The first-order valence-electron chi connectivity index (χ1n) is 4.98. The molecule has 78 valence electrons. The largest absolute Gasteiger partial charge is 0.384 e. The fourth-order valence-corrected chi connectivity index (χ4v) is 1.67. The van der Waals surface area contributed by atoms with Gasteiger partial charge in [0, 0.05) is 12.2 Å². The summed E-state index contributed by atoms with van der Waals surface area (Å²) in [7, 11) is 0. The first kappa shape index (κ1) is 11.4. The molecule has 14 heavy (non-hydrogen) atoms. The Kier molecular flexibility index (Phi) is 5.45. The maximum absolute atomic E-state index is 4.23. The van der Waals surface area contributed by atoms with Crippen LogP contribution in [0.2, 0.25) is 0 Å². The Hall–Kier alpha value is -0.700. The van der Waals surface area contributed by atoms with Crippen molar-refractivity contribution >= 4 is 17.4 Å². The highest BCUT2D eigenvalue weighted by Crippen LogP contribution is 2.06. The summed E-state index contributed by atoms with van der Waals surface area (Å²) in [6, 6.07) is 4.11. The molecule has 0 fully saturated rings. The second-order valence-corrected chi connectivity index (χ2v) is 4.30. The third-order valence-electron chi connectivity index (χ3n) is 2.02. The van der Waals surface area contributed by atoms with E-state index in [1.165, 1.54) is 18.6 Å². The van der Waals surface area contributed by atoms with Crippen LogP contribution in [0, 0.1) is 6.92 Å². The number of pyridine rings is 1. The number of thioether (sulfide) groups is 1. The summed E-state index contributed by atoms with van der Waals surface area (Å²) in [5.41, 5.74) is 2.19. The lowest BCUT2D eigenvalue weighted by molar-refractivity contribution is 0.842. The topological polar surface area (TPSA) is 24.9 Å². The minimum atomic E-state index is 1.05. The fraction of sp³-hybridized carbons (Fsp3) is 0.545. The van der Waals surface area contributed by atoms with Gasteiger partial charge in [0.25, 0.3) is 0 Å². The third-order valence-corrected chi connectivity index (χ3v) is 2.71. The van der Waals surface area contributed by atoms with Crippen molar-refractivity contribution < 1.29 is 0 Å². The van der Waals surface area contributed by atoms with Gasteiger partial charge in [-0.1, -0.05) is 0 Å². The van der Waals surface area contributed by atoms with Crippen LogP contribution in [0.1, 0.15) is 18.5 Å². The SMILES string of the molecule is CSCCCCNc1ccc(C)nc1. The summed E-state index contributed by atoms with van der Waals surface area (Å²) < 4.78 is 0. The van der Waals surface area contributed by atoms with E-state index in [1.54, 1.807) is 0 Å². The Balaban J connectivity index is 2.15. The molecule has 0 aliphatic rings. The van der Waals surface area contributed by atoms with E-state index in [4.69, 9.17) is 0 Å². The van der Waals surface area contributed by atoms with Gasteiger partial charge >= 0.3 is 0 Å². The molecule has 0 aromatic carbocycles. The van der Waals surface area contributed by atoms with E-state index < -0.39 is 0 Å². The predicted molar refractivity (Wildman–Crippen MR) is 65.1 cm³/mol. The summed E-state index contributed by atoms with van der Waals surface area (Å²) in [4.78, 5) is 4.23. The van der Waals surface area contributed by atoms with Crippen molar-refractivity contribution in [3.63, 3.8) is 0 Å². The van der Waals surface area contributed by atoms with Crippen LogP contribution in [-0.4, -0.2) is 23.5 Å². The van der Waals surface area contributed by atoms with Crippen LogP contribution in [0.25, 0.3) is 0 Å². The van der Waals surface area contributed by atoms with Crippen LogP contribution >= 0.6 is 11.8 Å². The normalized spacial score (nSPS) is 10.1. The van der Waals surface area contributed by atoms with E-state index in [1.807, 2.05) is 30.9 Å². The van der Waals surface area contributed by atoms with Gasteiger partial charge in [-0.3, -0.25) is 4.98 Å². The summed E-state index contributed by atoms with van der Waals surface area (Å²) >= 11 is 1.91. The van der Waals surface area contributed by atoms with E-state index >= 15 is 0 Å². The molecule has 2 nitrogen and oxygen atoms in total. The van der Waals surface area contributed by atoms with Crippen LogP contribution in [0.15, 0.2) is 18.3 Å². The van der Waals surface area contributed by atoms with Crippen LogP contribution in [0.3, 0.4) is 0 Å². The minimum Gasteiger partial charge on any atom is -0.384 e. The van der Waals surface area contributed by atoms with Crippen LogP contribution in [0.5, 0.6) is 0 Å². The number of aryl methyl sites for hydroxylation is 1. The number of hydrogen-bond donors (Lipinski definition) is 1. The van der Waals surface area contributed by atoms with Crippen molar-refractivity contribution in [2.24, 2.45) is 0 Å². The first-order valence-corrected chi connectivity index (χ1v) is 6.38. The van der Waals surface area contributed by atoms with Gasteiger partial charge in [0.15, 0.2) is 0 Å². The smallest absolute Gasteiger partial charge is 0.0526 e. The zero-order valence-corrected chi connectivity index (χ0v) is 9.73. The predicted octanol–water partition coefficient (Wildman–Crippen LogP) is 2.95. The van der Waals surface area contributed by atoms with E-state index in [0.29, 0.717) is 0 Å². The molecule has 1 heterocycles. The number of nitrogens with zero attached hydrogens (tertiary/aromatic N) is 1. The molecule has 0 spiro atoms. The summed E-state index contributed by atoms with van der Waals surface area (Å²) in [6.07, 6.45) is 6.56. The van der Waals surface area contributed by atoms with Gasteiger partial charge in [-0.15, -0.1) is 0 Å². The lowest BCUT2D eigenvalue weighted by Crippen LogP contribution is -2.02. The molecule has 1 aromatic rings. The van der Waals surface area contributed by atoms with E-state index in [9.17, 15) is 0 Å². The number of unbranched alkanes of at least 4 members (excludes halogenated alkanes) is 1. The zero-order valence-electron chi connectivity index (χ0n) is 8.92. The molecule has 0 unspecified atom stereocenters. The second-order valence-electron chi connectivity index (χ2n) is 3.31. The molecule has 0 radical (unpaired) electrons. The Morgan fingerprint density at radius 1 is 1.36 bits per heavy atom. The molecule has 1 aromatic heterocycles. The molecule has 0 bridgehead atoms. The van der Waals surface area contributed by atoms with Gasteiger partial charge in [0.1, 0.15) is 0 Å². The molecule has 0 saturated carbocycles. The van der Waals surface area contributed by atoms with Crippen molar-refractivity contribution in [1.29, 1.82) is 0 Å². The van der Waals surface area contributed by atoms with E-state index in [2.05, 4.69) is 22.6 Å². The molecule has 0 aliphatic carbocycles. The molecule has 0 aliphatic heterocycles. The van der Waals surface area contributed by atoms with Gasteiger partial charge < -0.3 is 5.32 Å². The highest BCUT2D eigenvalue weighted by molar-refractivity contribution is 7.98. The molecular formula is C11H18N2S. The highest BCUT2D eigenvalue weighted by atomic mass is 32.2. The highest BCUT2D eigenvalue weighted by Gasteiger charge is 1.91. The number of anilines is 1. The first-order chi connectivity index (χ1) is 6.83.